The van der Waals surface area contributed by atoms with E-state index in [0.717, 1.165) is 10.2 Å². The van der Waals surface area contributed by atoms with Crippen LogP contribution >= 0.6 is 15.9 Å². The van der Waals surface area contributed by atoms with Crippen LogP contribution in [0.2, 0.25) is 0 Å². The largest absolute Gasteiger partial charge is 0.493 e. The number of hydrogen-bond acceptors (Lipinski definition) is 4. The zero-order chi connectivity index (χ0) is 13.9. The third kappa shape index (κ3) is 7.81. The van der Waals surface area contributed by atoms with Crippen molar-refractivity contribution in [3.8, 4) is 5.75 Å². The van der Waals surface area contributed by atoms with Gasteiger partial charge in [0.1, 0.15) is 5.75 Å². The molecule has 0 aliphatic heterocycles. The quantitative estimate of drug-likeness (QED) is 0.670. The second kappa shape index (κ2) is 9.77. The predicted molar refractivity (Wildman–Crippen MR) is 75.2 cm³/mol. The number of carbonyl (C=O) groups excluding carboxylic acids is 1. The van der Waals surface area contributed by atoms with Gasteiger partial charge in [0.15, 0.2) is 0 Å². The maximum absolute atomic E-state index is 11.4. The van der Waals surface area contributed by atoms with Gasteiger partial charge in [-0.3, -0.25) is 4.79 Å². The van der Waals surface area contributed by atoms with E-state index < -0.39 is 0 Å². The molecule has 5 nitrogen and oxygen atoms in total. The summed E-state index contributed by atoms with van der Waals surface area (Å²) in [5.41, 5.74) is 0. The summed E-state index contributed by atoms with van der Waals surface area (Å²) in [5, 5.41) is 11.2. The van der Waals surface area contributed by atoms with Crippen molar-refractivity contribution < 1.29 is 19.4 Å². The van der Waals surface area contributed by atoms with Crippen LogP contribution in [0.4, 0.5) is 0 Å². The Morgan fingerprint density at radius 2 is 1.95 bits per heavy atom. The summed E-state index contributed by atoms with van der Waals surface area (Å²) in [7, 11) is 0. The van der Waals surface area contributed by atoms with Gasteiger partial charge in [-0.2, -0.15) is 0 Å². The van der Waals surface area contributed by atoms with Crippen molar-refractivity contribution in [1.82, 2.24) is 5.32 Å². The zero-order valence-electron chi connectivity index (χ0n) is 10.6. The standard InChI is InChI=1S/C13H18BrNO4/c14-11-1-3-12(4-2-11)19-8-5-13(17)15-6-9-18-10-7-16/h1-4,16H,5-10H2,(H,15,17). The van der Waals surface area contributed by atoms with Crippen LogP contribution in [0.3, 0.4) is 0 Å². The van der Waals surface area contributed by atoms with E-state index in [1.807, 2.05) is 24.3 Å². The summed E-state index contributed by atoms with van der Waals surface area (Å²) in [5.74, 6) is 0.659. The number of aliphatic hydroxyl groups excluding tert-OH is 1. The van der Waals surface area contributed by atoms with Crippen molar-refractivity contribution in [2.45, 2.75) is 6.42 Å². The number of halogens is 1. The van der Waals surface area contributed by atoms with Gasteiger partial charge >= 0.3 is 0 Å². The first kappa shape index (κ1) is 15.9. The van der Waals surface area contributed by atoms with Gasteiger partial charge in [0.2, 0.25) is 5.91 Å². The molecule has 106 valence electrons. The molecular formula is C13H18BrNO4. The highest BCUT2D eigenvalue weighted by Gasteiger charge is 2.01. The first-order chi connectivity index (χ1) is 9.22. The van der Waals surface area contributed by atoms with Crippen LogP contribution < -0.4 is 10.1 Å². The van der Waals surface area contributed by atoms with Gasteiger partial charge in [-0.05, 0) is 24.3 Å². The van der Waals surface area contributed by atoms with E-state index in [-0.39, 0.29) is 12.5 Å². The van der Waals surface area contributed by atoms with E-state index in [1.54, 1.807) is 0 Å². The number of hydrogen-bond donors (Lipinski definition) is 2. The number of carbonyl (C=O) groups is 1. The highest BCUT2D eigenvalue weighted by Crippen LogP contribution is 2.15. The summed E-state index contributed by atoms with van der Waals surface area (Å²) >= 11 is 3.34. The average molecular weight is 332 g/mol. The summed E-state index contributed by atoms with van der Waals surface area (Å²) in [6, 6.07) is 7.44. The molecule has 1 aromatic carbocycles. The lowest BCUT2D eigenvalue weighted by atomic mass is 10.3. The third-order valence-corrected chi connectivity index (χ3v) is 2.74. The minimum absolute atomic E-state index is 0.00498. The second-order valence-corrected chi connectivity index (χ2v) is 4.65. The molecule has 19 heavy (non-hydrogen) atoms. The molecule has 0 radical (unpaired) electrons. The summed E-state index contributed by atoms with van der Waals surface area (Å²) < 4.78 is 11.4. The molecule has 2 N–H and O–H groups in total. The lowest BCUT2D eigenvalue weighted by molar-refractivity contribution is -0.121. The fraction of sp³-hybridized carbons (Fsp3) is 0.462. The van der Waals surface area contributed by atoms with E-state index >= 15 is 0 Å². The van der Waals surface area contributed by atoms with Crippen molar-refractivity contribution in [2.24, 2.45) is 0 Å². The SMILES string of the molecule is O=C(CCOc1ccc(Br)cc1)NCCOCCO. The van der Waals surface area contributed by atoms with Crippen LogP contribution in [0.5, 0.6) is 5.75 Å². The summed E-state index contributed by atoms with van der Waals surface area (Å²) in [4.78, 5) is 11.4. The van der Waals surface area contributed by atoms with Gasteiger partial charge in [0.05, 0.1) is 32.8 Å². The van der Waals surface area contributed by atoms with Crippen LogP contribution in [-0.4, -0.2) is 44.0 Å². The molecule has 0 aliphatic carbocycles. The molecule has 0 aromatic heterocycles. The van der Waals surface area contributed by atoms with Crippen molar-refractivity contribution in [2.75, 3.05) is 33.0 Å². The number of benzene rings is 1. The van der Waals surface area contributed by atoms with Crippen LogP contribution in [0, 0.1) is 0 Å². The lowest BCUT2D eigenvalue weighted by Crippen LogP contribution is -2.28. The average Bonchev–Trinajstić information content (AvgIpc) is 2.41. The molecule has 0 unspecified atom stereocenters. The van der Waals surface area contributed by atoms with Gasteiger partial charge in [0.25, 0.3) is 0 Å². The molecule has 0 aliphatic rings. The minimum Gasteiger partial charge on any atom is -0.493 e. The topological polar surface area (TPSA) is 67.8 Å². The molecule has 6 heteroatoms. The van der Waals surface area contributed by atoms with Crippen LogP contribution in [0.25, 0.3) is 0 Å². The Kier molecular flexibility index (Phi) is 8.20. The normalized spacial score (nSPS) is 10.2. The molecule has 0 heterocycles. The van der Waals surface area contributed by atoms with E-state index in [2.05, 4.69) is 21.2 Å². The third-order valence-electron chi connectivity index (χ3n) is 2.22. The van der Waals surface area contributed by atoms with Crippen LogP contribution in [0.15, 0.2) is 28.7 Å². The highest BCUT2D eigenvalue weighted by molar-refractivity contribution is 9.10. The number of aliphatic hydroxyl groups is 1. The zero-order valence-corrected chi connectivity index (χ0v) is 12.2. The fourth-order valence-corrected chi connectivity index (χ4v) is 1.57. The summed E-state index contributed by atoms with van der Waals surface area (Å²) in [6.45, 7) is 1.47. The van der Waals surface area contributed by atoms with Gasteiger partial charge in [-0.25, -0.2) is 0 Å². The van der Waals surface area contributed by atoms with Crippen LogP contribution in [-0.2, 0) is 9.53 Å². The Morgan fingerprint density at radius 3 is 2.63 bits per heavy atom. The molecule has 1 aromatic rings. The number of nitrogens with one attached hydrogen (secondary N) is 1. The van der Waals surface area contributed by atoms with E-state index in [9.17, 15) is 4.79 Å². The van der Waals surface area contributed by atoms with Crippen molar-refractivity contribution in [3.05, 3.63) is 28.7 Å². The number of rotatable bonds is 9. The molecule has 0 bridgehead atoms. The predicted octanol–water partition coefficient (Wildman–Crippen LogP) is 1.34. The van der Waals surface area contributed by atoms with Crippen molar-refractivity contribution in [1.29, 1.82) is 0 Å². The monoisotopic (exact) mass is 331 g/mol. The second-order valence-electron chi connectivity index (χ2n) is 3.74. The smallest absolute Gasteiger partial charge is 0.223 e. The molecular weight excluding hydrogens is 314 g/mol. The Balaban J connectivity index is 2.05. The summed E-state index contributed by atoms with van der Waals surface area (Å²) in [6.07, 6.45) is 0.302. The van der Waals surface area contributed by atoms with E-state index in [1.165, 1.54) is 0 Å². The molecule has 1 rings (SSSR count). The lowest BCUT2D eigenvalue weighted by Gasteiger charge is -2.07. The van der Waals surface area contributed by atoms with Crippen molar-refractivity contribution >= 4 is 21.8 Å². The molecule has 0 saturated carbocycles. The fourth-order valence-electron chi connectivity index (χ4n) is 1.31. The molecule has 0 saturated heterocycles. The first-order valence-corrected chi connectivity index (χ1v) is 6.85. The Morgan fingerprint density at radius 1 is 1.21 bits per heavy atom. The molecule has 0 spiro atoms. The maximum atomic E-state index is 11.4. The number of ether oxygens (including phenoxy) is 2. The minimum atomic E-state index is -0.0790. The molecule has 0 fully saturated rings. The van der Waals surface area contributed by atoms with Crippen molar-refractivity contribution in [3.63, 3.8) is 0 Å². The van der Waals surface area contributed by atoms with Gasteiger partial charge in [0, 0.05) is 11.0 Å². The number of amides is 1. The first-order valence-electron chi connectivity index (χ1n) is 6.06. The Labute approximate surface area is 121 Å². The van der Waals surface area contributed by atoms with E-state index in [0.29, 0.717) is 32.8 Å². The molecule has 0 atom stereocenters. The van der Waals surface area contributed by atoms with Crippen LogP contribution in [0.1, 0.15) is 6.42 Å². The van der Waals surface area contributed by atoms with Gasteiger partial charge in [-0.15, -0.1) is 0 Å². The van der Waals surface area contributed by atoms with Gasteiger partial charge < -0.3 is 19.9 Å². The van der Waals surface area contributed by atoms with Gasteiger partial charge in [-0.1, -0.05) is 15.9 Å². The Hall–Kier alpha value is -1.11. The molecule has 1 amide bonds. The highest BCUT2D eigenvalue weighted by atomic mass is 79.9. The maximum Gasteiger partial charge on any atom is 0.223 e. The Bertz CT molecular complexity index is 369. The van der Waals surface area contributed by atoms with E-state index in [4.69, 9.17) is 14.6 Å².